The van der Waals surface area contributed by atoms with Crippen molar-refractivity contribution in [3.63, 3.8) is 0 Å². The van der Waals surface area contributed by atoms with Crippen LogP contribution in [0.15, 0.2) is 48.5 Å². The number of anilines is 2. The van der Waals surface area contributed by atoms with E-state index in [0.29, 0.717) is 23.7 Å². The fourth-order valence-electron chi connectivity index (χ4n) is 3.19. The lowest BCUT2D eigenvalue weighted by Gasteiger charge is -2.17. The normalized spacial score (nSPS) is 10.8. The van der Waals surface area contributed by atoms with Gasteiger partial charge in [0.05, 0.1) is 18.2 Å². The number of imidazole rings is 1. The van der Waals surface area contributed by atoms with E-state index in [0.717, 1.165) is 5.56 Å². The van der Waals surface area contributed by atoms with E-state index in [1.54, 1.807) is 16.7 Å². The first-order valence-corrected chi connectivity index (χ1v) is 9.48. The molecule has 0 saturated carbocycles. The summed E-state index contributed by atoms with van der Waals surface area (Å²) >= 11 is 0. The maximum absolute atomic E-state index is 11.6. The highest BCUT2D eigenvalue weighted by Crippen LogP contribution is 2.28. The number of nitrogens with zero attached hydrogens (tertiary/aromatic N) is 6. The number of hydrogen-bond acceptors (Lipinski definition) is 8. The van der Waals surface area contributed by atoms with Crippen molar-refractivity contribution in [3.05, 3.63) is 59.7 Å². The lowest BCUT2D eigenvalue weighted by Crippen LogP contribution is -2.18. The van der Waals surface area contributed by atoms with Crippen LogP contribution in [0.25, 0.3) is 17.0 Å². The second-order valence-corrected chi connectivity index (χ2v) is 6.93. The molecule has 0 radical (unpaired) electrons. The quantitative estimate of drug-likeness (QED) is 0.466. The Bertz CT molecular complexity index is 1240. The summed E-state index contributed by atoms with van der Waals surface area (Å²) in [5, 5.41) is 21.4. The van der Waals surface area contributed by atoms with Crippen molar-refractivity contribution in [2.24, 2.45) is 0 Å². The summed E-state index contributed by atoms with van der Waals surface area (Å²) in [5.74, 6) is 0.222. The number of carbonyl (C=O) groups is 1. The van der Waals surface area contributed by atoms with E-state index in [1.165, 1.54) is 13.2 Å². The predicted octanol–water partition coefficient (Wildman–Crippen LogP) is 2.60. The third kappa shape index (κ3) is 3.82. The molecule has 4 rings (SSSR count). The maximum Gasteiger partial charge on any atom is 0.337 e. The molecule has 0 aliphatic heterocycles. The highest BCUT2D eigenvalue weighted by molar-refractivity contribution is 6.01. The minimum atomic E-state index is -1.08. The molecule has 2 aromatic heterocycles. The summed E-state index contributed by atoms with van der Waals surface area (Å²) < 4.78 is 6.93. The van der Waals surface area contributed by atoms with Gasteiger partial charge in [0.2, 0.25) is 0 Å². The molecular formula is C21H21N7O3. The van der Waals surface area contributed by atoms with Gasteiger partial charge in [-0.3, -0.25) is 0 Å². The van der Waals surface area contributed by atoms with Crippen LogP contribution in [0.2, 0.25) is 0 Å². The fourth-order valence-corrected chi connectivity index (χ4v) is 3.19. The Balaban J connectivity index is 1.82. The molecular weight excluding hydrogens is 398 g/mol. The molecule has 0 unspecified atom stereocenters. The molecule has 2 N–H and O–H groups in total. The number of methoxy groups -OCH3 is 1. The van der Waals surface area contributed by atoms with Crippen LogP contribution in [0.5, 0.6) is 6.01 Å². The summed E-state index contributed by atoms with van der Waals surface area (Å²) in [6.45, 7) is 0.546. The number of hydrogen-bond donors (Lipinski definition) is 2. The van der Waals surface area contributed by atoms with Crippen molar-refractivity contribution in [2.45, 2.75) is 6.54 Å². The van der Waals surface area contributed by atoms with Gasteiger partial charge in [-0.2, -0.15) is 9.97 Å². The molecule has 158 valence electrons. The first-order valence-electron chi connectivity index (χ1n) is 9.48. The van der Waals surface area contributed by atoms with Crippen molar-refractivity contribution in [1.82, 2.24) is 24.7 Å². The first-order chi connectivity index (χ1) is 15.0. The number of para-hydroxylation sites is 1. The topological polar surface area (TPSA) is 118 Å². The number of carboxylic acid groups (broad SMARTS) is 1. The Hall–Kier alpha value is -4.21. The number of nitrogens with one attached hydrogen (secondary N) is 1. The zero-order valence-corrected chi connectivity index (χ0v) is 17.3. The Morgan fingerprint density at radius 2 is 1.87 bits per heavy atom. The van der Waals surface area contributed by atoms with E-state index in [4.69, 9.17) is 4.74 Å². The molecule has 0 aliphatic rings. The van der Waals surface area contributed by atoms with Crippen molar-refractivity contribution in [1.29, 1.82) is 0 Å². The molecule has 0 amide bonds. The zero-order chi connectivity index (χ0) is 22.0. The van der Waals surface area contributed by atoms with Crippen LogP contribution in [-0.4, -0.2) is 57.0 Å². The highest BCUT2D eigenvalue weighted by Gasteiger charge is 2.21. The lowest BCUT2D eigenvalue weighted by molar-refractivity contribution is 0.0699. The zero-order valence-electron chi connectivity index (χ0n) is 17.3. The van der Waals surface area contributed by atoms with Gasteiger partial charge in [-0.25, -0.2) is 9.36 Å². The van der Waals surface area contributed by atoms with Gasteiger partial charge in [0.25, 0.3) is 5.95 Å². The highest BCUT2D eigenvalue weighted by atomic mass is 16.5. The monoisotopic (exact) mass is 419 g/mol. The van der Waals surface area contributed by atoms with Gasteiger partial charge in [0.15, 0.2) is 11.6 Å². The number of carboxylic acids is 1. The van der Waals surface area contributed by atoms with Crippen molar-refractivity contribution in [2.75, 3.05) is 31.4 Å². The van der Waals surface area contributed by atoms with Crippen molar-refractivity contribution >= 4 is 28.6 Å². The summed E-state index contributed by atoms with van der Waals surface area (Å²) in [7, 11) is 5.16. The Morgan fingerprint density at radius 3 is 2.55 bits per heavy atom. The number of rotatable bonds is 7. The molecule has 0 fully saturated rings. The largest absolute Gasteiger partial charge is 0.478 e. The Labute approximate surface area is 178 Å². The summed E-state index contributed by atoms with van der Waals surface area (Å²) in [6.07, 6.45) is 0. The predicted molar refractivity (Wildman–Crippen MR) is 116 cm³/mol. The smallest absolute Gasteiger partial charge is 0.337 e. The molecule has 2 aromatic carbocycles. The second kappa shape index (κ2) is 8.27. The van der Waals surface area contributed by atoms with E-state index in [-0.39, 0.29) is 23.0 Å². The number of fused-ring (bicyclic) bond motifs is 1. The fraction of sp³-hybridized carbons (Fsp3) is 0.190. The maximum atomic E-state index is 11.6. The van der Waals surface area contributed by atoms with Gasteiger partial charge in [0.1, 0.15) is 5.52 Å². The van der Waals surface area contributed by atoms with Gasteiger partial charge >= 0.3 is 12.0 Å². The summed E-state index contributed by atoms with van der Waals surface area (Å²) in [6, 6.07) is 14.9. The molecule has 0 aliphatic carbocycles. The minimum Gasteiger partial charge on any atom is -0.478 e. The van der Waals surface area contributed by atoms with Gasteiger partial charge in [-0.15, -0.1) is 10.2 Å². The molecule has 0 bridgehead atoms. The third-order valence-corrected chi connectivity index (χ3v) is 4.65. The lowest BCUT2D eigenvalue weighted by atomic mass is 10.2. The molecule has 10 heteroatoms. The number of ether oxygens (including phenoxy) is 1. The van der Waals surface area contributed by atoms with Crippen LogP contribution < -0.4 is 15.0 Å². The molecule has 10 nitrogen and oxygen atoms in total. The van der Waals surface area contributed by atoms with Crippen LogP contribution in [-0.2, 0) is 6.54 Å². The third-order valence-electron chi connectivity index (χ3n) is 4.65. The van der Waals surface area contributed by atoms with Crippen LogP contribution in [0.3, 0.4) is 0 Å². The van der Waals surface area contributed by atoms with Gasteiger partial charge in [0, 0.05) is 20.6 Å². The molecule has 0 saturated heterocycles. The number of aromatic nitrogens is 5. The average Bonchev–Trinajstić information content (AvgIpc) is 3.16. The molecule has 2 heterocycles. The first kappa shape index (κ1) is 20.1. The molecule has 31 heavy (non-hydrogen) atoms. The van der Waals surface area contributed by atoms with Crippen molar-refractivity contribution in [3.8, 4) is 12.0 Å². The second-order valence-electron chi connectivity index (χ2n) is 6.93. The average molecular weight is 419 g/mol. The van der Waals surface area contributed by atoms with Crippen molar-refractivity contribution < 1.29 is 14.6 Å². The van der Waals surface area contributed by atoms with Gasteiger partial charge in [-0.1, -0.05) is 36.4 Å². The molecule has 0 spiro atoms. The summed E-state index contributed by atoms with van der Waals surface area (Å²) in [5.41, 5.74) is 1.94. The summed E-state index contributed by atoms with van der Waals surface area (Å²) in [4.78, 5) is 22.4. The van der Waals surface area contributed by atoms with Crippen LogP contribution >= 0.6 is 0 Å². The molecule has 4 aromatic rings. The van der Waals surface area contributed by atoms with Crippen LogP contribution in [0.4, 0.5) is 11.6 Å². The van der Waals surface area contributed by atoms with E-state index < -0.39 is 5.97 Å². The van der Waals surface area contributed by atoms with Gasteiger partial charge in [-0.05, 0) is 17.7 Å². The van der Waals surface area contributed by atoms with E-state index >= 15 is 0 Å². The van der Waals surface area contributed by atoms with Crippen LogP contribution in [0, 0.1) is 0 Å². The SMILES string of the molecule is COc1nc2c(C(=O)O)cccc2n1-c1nnc(N(C)C)c(NCc2ccccc2)n1. The minimum absolute atomic E-state index is 0.0647. The van der Waals surface area contributed by atoms with E-state index in [2.05, 4.69) is 25.5 Å². The standard InChI is InChI=1S/C21H21N7O3/c1-27(2)18-17(22-12-13-8-5-4-6-9-13)24-20(26-25-18)28-15-11-7-10-14(19(29)30)16(15)23-21(28)31-3/h4-11H,12H2,1-3H3,(H,29,30)(H,22,24,26). The number of benzene rings is 2. The van der Waals surface area contributed by atoms with E-state index in [1.807, 2.05) is 49.3 Å². The van der Waals surface area contributed by atoms with E-state index in [9.17, 15) is 9.90 Å². The molecule has 0 atom stereocenters. The Morgan fingerprint density at radius 1 is 1.10 bits per heavy atom. The van der Waals surface area contributed by atoms with Gasteiger partial charge < -0.3 is 20.1 Å². The number of aromatic carboxylic acids is 1. The van der Waals surface area contributed by atoms with Crippen LogP contribution in [0.1, 0.15) is 15.9 Å². The Kier molecular flexibility index (Phi) is 5.35.